The number of hydrogen-bond acceptors (Lipinski definition) is 5. The fourth-order valence-corrected chi connectivity index (χ4v) is 3.10. The van der Waals surface area contributed by atoms with Gasteiger partial charge in [-0.05, 0) is 38.0 Å². The standard InChI is InChI=1S/C19H22N4O2/c1-5-15-14-10-13(12-8-7-11(3)9-16(12)25-4)18(24)23(6-2)17(14)22-19(20)21-15/h7-10H,5-6H2,1-4H3,(H2,20,21,22). The number of nitrogen functional groups attached to an aromatic ring is 1. The monoisotopic (exact) mass is 338 g/mol. The average Bonchev–Trinajstić information content (AvgIpc) is 2.60. The molecule has 1 aromatic carbocycles. The van der Waals surface area contributed by atoms with E-state index in [4.69, 9.17) is 10.5 Å². The van der Waals surface area contributed by atoms with Crippen LogP contribution < -0.4 is 16.0 Å². The molecule has 3 aromatic rings. The van der Waals surface area contributed by atoms with Crippen molar-refractivity contribution in [3.05, 3.63) is 45.9 Å². The summed E-state index contributed by atoms with van der Waals surface area (Å²) in [7, 11) is 1.61. The molecule has 2 heterocycles. The van der Waals surface area contributed by atoms with Crippen LogP contribution in [0.4, 0.5) is 5.95 Å². The third-order valence-electron chi connectivity index (χ3n) is 4.34. The molecule has 0 aliphatic rings. The van der Waals surface area contributed by atoms with Gasteiger partial charge in [-0.2, -0.15) is 4.98 Å². The molecule has 2 aromatic heterocycles. The minimum absolute atomic E-state index is 0.114. The van der Waals surface area contributed by atoms with Crippen LogP contribution >= 0.6 is 0 Å². The number of pyridine rings is 1. The van der Waals surface area contributed by atoms with Gasteiger partial charge >= 0.3 is 0 Å². The lowest BCUT2D eigenvalue weighted by Crippen LogP contribution is -2.23. The van der Waals surface area contributed by atoms with Crippen molar-refractivity contribution in [3.63, 3.8) is 0 Å². The number of aromatic nitrogens is 3. The molecule has 0 bridgehead atoms. The van der Waals surface area contributed by atoms with Gasteiger partial charge in [0.05, 0.1) is 18.4 Å². The smallest absolute Gasteiger partial charge is 0.260 e. The Hall–Kier alpha value is -2.89. The van der Waals surface area contributed by atoms with E-state index in [0.29, 0.717) is 29.9 Å². The molecule has 0 aliphatic heterocycles. The number of methoxy groups -OCH3 is 1. The molecular formula is C19H22N4O2. The Morgan fingerprint density at radius 2 is 1.92 bits per heavy atom. The van der Waals surface area contributed by atoms with Crippen LogP contribution in [-0.2, 0) is 13.0 Å². The summed E-state index contributed by atoms with van der Waals surface area (Å²) in [5.74, 6) is 0.861. The highest BCUT2D eigenvalue weighted by Gasteiger charge is 2.17. The Kier molecular flexibility index (Phi) is 4.44. The molecule has 0 unspecified atom stereocenters. The molecule has 0 saturated carbocycles. The van der Waals surface area contributed by atoms with Crippen molar-refractivity contribution in [1.82, 2.24) is 14.5 Å². The van der Waals surface area contributed by atoms with Gasteiger partial charge in [-0.3, -0.25) is 9.36 Å². The number of nitrogens with zero attached hydrogens (tertiary/aromatic N) is 3. The van der Waals surface area contributed by atoms with E-state index in [0.717, 1.165) is 22.2 Å². The maximum Gasteiger partial charge on any atom is 0.260 e. The first-order valence-electron chi connectivity index (χ1n) is 8.35. The van der Waals surface area contributed by atoms with Crippen LogP contribution in [0.15, 0.2) is 29.1 Å². The third-order valence-corrected chi connectivity index (χ3v) is 4.34. The van der Waals surface area contributed by atoms with E-state index in [1.54, 1.807) is 11.7 Å². The Bertz CT molecular complexity index is 1010. The van der Waals surface area contributed by atoms with Gasteiger partial charge in [-0.25, -0.2) is 4.98 Å². The van der Waals surface area contributed by atoms with Crippen LogP contribution in [0.5, 0.6) is 5.75 Å². The molecule has 3 rings (SSSR count). The van der Waals surface area contributed by atoms with Crippen molar-refractivity contribution < 1.29 is 4.74 Å². The minimum atomic E-state index is -0.114. The number of benzene rings is 1. The van der Waals surface area contributed by atoms with Crippen molar-refractivity contribution in [3.8, 4) is 16.9 Å². The number of fused-ring (bicyclic) bond motifs is 1. The number of hydrogen-bond donors (Lipinski definition) is 1. The molecule has 0 spiro atoms. The lowest BCUT2D eigenvalue weighted by molar-refractivity contribution is 0.416. The lowest BCUT2D eigenvalue weighted by atomic mass is 10.0. The van der Waals surface area contributed by atoms with Crippen LogP contribution in [-0.4, -0.2) is 21.6 Å². The van der Waals surface area contributed by atoms with E-state index in [9.17, 15) is 4.79 Å². The average molecular weight is 338 g/mol. The Morgan fingerprint density at radius 3 is 2.56 bits per heavy atom. The van der Waals surface area contributed by atoms with E-state index >= 15 is 0 Å². The molecule has 25 heavy (non-hydrogen) atoms. The fraction of sp³-hybridized carbons (Fsp3) is 0.316. The predicted octanol–water partition coefficient (Wildman–Crippen LogP) is 2.94. The molecule has 0 fully saturated rings. The molecular weight excluding hydrogens is 316 g/mol. The summed E-state index contributed by atoms with van der Waals surface area (Å²) in [5, 5.41) is 0.843. The number of aryl methyl sites for hydroxylation is 3. The summed E-state index contributed by atoms with van der Waals surface area (Å²) in [6.07, 6.45) is 0.704. The summed E-state index contributed by atoms with van der Waals surface area (Å²) >= 11 is 0. The van der Waals surface area contributed by atoms with Gasteiger partial charge in [0.25, 0.3) is 5.56 Å². The van der Waals surface area contributed by atoms with Crippen LogP contribution in [0.1, 0.15) is 25.1 Å². The van der Waals surface area contributed by atoms with Gasteiger partial charge in [-0.15, -0.1) is 0 Å². The van der Waals surface area contributed by atoms with E-state index in [-0.39, 0.29) is 11.5 Å². The summed E-state index contributed by atoms with van der Waals surface area (Å²) in [6.45, 7) is 6.41. The van der Waals surface area contributed by atoms with E-state index in [1.807, 2.05) is 45.0 Å². The quantitative estimate of drug-likeness (QED) is 0.791. The Balaban J connectivity index is 2.43. The second-order valence-electron chi connectivity index (χ2n) is 5.93. The van der Waals surface area contributed by atoms with Crippen molar-refractivity contribution in [1.29, 1.82) is 0 Å². The highest BCUT2D eigenvalue weighted by Crippen LogP contribution is 2.31. The molecule has 0 amide bonds. The molecule has 0 radical (unpaired) electrons. The maximum absolute atomic E-state index is 13.1. The van der Waals surface area contributed by atoms with Crippen molar-refractivity contribution >= 4 is 17.0 Å². The fourth-order valence-electron chi connectivity index (χ4n) is 3.10. The highest BCUT2D eigenvalue weighted by atomic mass is 16.5. The number of anilines is 1. The maximum atomic E-state index is 13.1. The first-order valence-corrected chi connectivity index (χ1v) is 8.35. The summed E-state index contributed by atoms with van der Waals surface area (Å²) in [4.78, 5) is 21.7. The van der Waals surface area contributed by atoms with Crippen LogP contribution in [0.2, 0.25) is 0 Å². The first-order chi connectivity index (χ1) is 12.0. The van der Waals surface area contributed by atoms with Gasteiger partial charge < -0.3 is 10.5 Å². The number of rotatable bonds is 4. The van der Waals surface area contributed by atoms with Crippen molar-refractivity contribution in [2.45, 2.75) is 33.7 Å². The van der Waals surface area contributed by atoms with Crippen LogP contribution in [0.25, 0.3) is 22.2 Å². The normalized spacial score (nSPS) is 11.0. The molecule has 0 aliphatic carbocycles. The number of nitrogens with two attached hydrogens (primary N) is 1. The van der Waals surface area contributed by atoms with Crippen LogP contribution in [0.3, 0.4) is 0 Å². The summed E-state index contributed by atoms with van der Waals surface area (Å²) < 4.78 is 7.14. The van der Waals surface area contributed by atoms with Gasteiger partial charge in [0.15, 0.2) is 0 Å². The van der Waals surface area contributed by atoms with E-state index in [1.165, 1.54) is 0 Å². The molecule has 6 nitrogen and oxygen atoms in total. The summed E-state index contributed by atoms with van der Waals surface area (Å²) in [6, 6.07) is 7.67. The van der Waals surface area contributed by atoms with E-state index in [2.05, 4.69) is 9.97 Å². The van der Waals surface area contributed by atoms with Crippen molar-refractivity contribution in [2.24, 2.45) is 0 Å². The SMILES string of the molecule is CCc1nc(N)nc2c1cc(-c1ccc(C)cc1OC)c(=O)n2CC. The number of ether oxygens (including phenoxy) is 1. The Morgan fingerprint density at radius 1 is 1.16 bits per heavy atom. The molecule has 6 heteroatoms. The van der Waals surface area contributed by atoms with Gasteiger partial charge in [0.1, 0.15) is 11.4 Å². The zero-order valence-corrected chi connectivity index (χ0v) is 15.0. The van der Waals surface area contributed by atoms with Gasteiger partial charge in [0, 0.05) is 17.5 Å². The summed E-state index contributed by atoms with van der Waals surface area (Å²) in [5.41, 5.74) is 9.54. The second kappa shape index (κ2) is 6.55. The Labute approximate surface area is 146 Å². The third kappa shape index (κ3) is 2.84. The largest absolute Gasteiger partial charge is 0.496 e. The molecule has 2 N–H and O–H groups in total. The highest BCUT2D eigenvalue weighted by molar-refractivity contribution is 5.85. The molecule has 0 atom stereocenters. The first kappa shape index (κ1) is 17.0. The second-order valence-corrected chi connectivity index (χ2v) is 5.93. The zero-order chi connectivity index (χ0) is 18.1. The van der Waals surface area contributed by atoms with Gasteiger partial charge in [-0.1, -0.05) is 19.1 Å². The van der Waals surface area contributed by atoms with Crippen molar-refractivity contribution in [2.75, 3.05) is 12.8 Å². The minimum Gasteiger partial charge on any atom is -0.496 e. The topological polar surface area (TPSA) is 83.0 Å². The van der Waals surface area contributed by atoms with Crippen LogP contribution in [0, 0.1) is 6.92 Å². The van der Waals surface area contributed by atoms with Gasteiger partial charge in [0.2, 0.25) is 5.95 Å². The lowest BCUT2D eigenvalue weighted by Gasteiger charge is -2.15. The zero-order valence-electron chi connectivity index (χ0n) is 15.0. The van der Waals surface area contributed by atoms with E-state index < -0.39 is 0 Å². The molecule has 130 valence electrons. The predicted molar refractivity (Wildman–Crippen MR) is 100.0 cm³/mol. The molecule has 0 saturated heterocycles.